The van der Waals surface area contributed by atoms with Crippen molar-refractivity contribution >= 4 is 39.3 Å². The van der Waals surface area contributed by atoms with Gasteiger partial charge in [-0.2, -0.15) is 0 Å². The Morgan fingerprint density at radius 1 is 0.868 bits per heavy atom. The quantitative estimate of drug-likeness (QED) is 0.271. The van der Waals surface area contributed by atoms with E-state index in [1.165, 1.54) is 5.56 Å². The second kappa shape index (κ2) is 12.7. The molecule has 0 fully saturated rings. The number of carbonyl (C=O) groups excluding carboxylic acids is 3. The van der Waals surface area contributed by atoms with Gasteiger partial charge >= 0.3 is 0 Å². The Bertz CT molecular complexity index is 1280. The van der Waals surface area contributed by atoms with Gasteiger partial charge in [-0.15, -0.1) is 0 Å². The largest absolute Gasteiger partial charge is 0.483 e. The van der Waals surface area contributed by atoms with Crippen LogP contribution in [-0.2, 0) is 10.2 Å². The Balaban J connectivity index is 1.47. The zero-order chi connectivity index (χ0) is 27.9. The fourth-order valence-electron chi connectivity index (χ4n) is 3.58. The first-order valence-electron chi connectivity index (χ1n) is 12.5. The molecule has 0 saturated carbocycles. The fourth-order valence-corrected chi connectivity index (χ4v) is 4.10. The Morgan fingerprint density at radius 3 is 2.05 bits per heavy atom. The number of halogens is 1. The minimum Gasteiger partial charge on any atom is -0.483 e. The van der Waals surface area contributed by atoms with Crippen LogP contribution >= 0.6 is 15.9 Å². The lowest BCUT2D eigenvalue weighted by molar-refractivity contribution is -0.123. The Hall–Kier alpha value is -3.65. The van der Waals surface area contributed by atoms with Gasteiger partial charge in [-0.3, -0.25) is 25.2 Å². The Morgan fingerprint density at radius 2 is 1.47 bits per heavy atom. The highest BCUT2D eigenvalue weighted by molar-refractivity contribution is 9.10. The van der Waals surface area contributed by atoms with Gasteiger partial charge in [0.15, 0.2) is 6.61 Å². The van der Waals surface area contributed by atoms with Crippen LogP contribution in [0.15, 0.2) is 71.2 Å². The maximum Gasteiger partial charge on any atom is 0.276 e. The summed E-state index contributed by atoms with van der Waals surface area (Å²) in [5, 5.41) is 2.82. The predicted octanol–water partition coefficient (Wildman–Crippen LogP) is 6.35. The van der Waals surface area contributed by atoms with Gasteiger partial charge in [0.25, 0.3) is 17.7 Å². The van der Waals surface area contributed by atoms with Crippen LogP contribution in [0, 0.1) is 0 Å². The third kappa shape index (κ3) is 7.92. The van der Waals surface area contributed by atoms with Gasteiger partial charge in [0.05, 0.1) is 4.47 Å². The number of anilines is 1. The number of hydrogen-bond acceptors (Lipinski definition) is 4. The lowest BCUT2D eigenvalue weighted by atomic mass is 9.87. The lowest BCUT2D eigenvalue weighted by Gasteiger charge is -2.19. The van der Waals surface area contributed by atoms with Crippen molar-refractivity contribution in [2.75, 3.05) is 11.9 Å². The van der Waals surface area contributed by atoms with Crippen molar-refractivity contribution in [1.29, 1.82) is 0 Å². The predicted molar refractivity (Wildman–Crippen MR) is 153 cm³/mol. The van der Waals surface area contributed by atoms with E-state index in [-0.39, 0.29) is 17.9 Å². The van der Waals surface area contributed by atoms with Crippen molar-refractivity contribution in [3.63, 3.8) is 0 Å². The van der Waals surface area contributed by atoms with E-state index in [0.717, 1.165) is 16.5 Å². The number of benzene rings is 3. The van der Waals surface area contributed by atoms with Gasteiger partial charge in [-0.05, 0) is 93.3 Å². The molecule has 3 aromatic carbocycles. The van der Waals surface area contributed by atoms with Crippen LogP contribution in [0.4, 0.5) is 5.69 Å². The molecule has 0 radical (unpaired) electrons. The summed E-state index contributed by atoms with van der Waals surface area (Å²) in [5.41, 5.74) is 8.46. The lowest BCUT2D eigenvalue weighted by Crippen LogP contribution is -2.43. The molecule has 0 spiro atoms. The van der Waals surface area contributed by atoms with Crippen LogP contribution in [0.25, 0.3) is 0 Å². The molecular formula is C30H34BrN3O4. The summed E-state index contributed by atoms with van der Waals surface area (Å²) < 4.78 is 6.33. The van der Waals surface area contributed by atoms with Crippen LogP contribution in [-0.4, -0.2) is 24.3 Å². The Labute approximate surface area is 232 Å². The average Bonchev–Trinajstić information content (AvgIpc) is 2.90. The molecule has 3 aromatic rings. The SMILES string of the molecule is CCC(C)c1ccc(OCC(=O)NNC(=O)c2ccc(NC(=O)c3ccc(C(C)(C)C)cc3)cc2)c(Br)c1. The molecule has 0 aromatic heterocycles. The van der Waals surface area contributed by atoms with Crippen molar-refractivity contribution in [1.82, 2.24) is 10.9 Å². The highest BCUT2D eigenvalue weighted by Crippen LogP contribution is 2.30. The number of ether oxygens (including phenoxy) is 1. The molecule has 7 nitrogen and oxygen atoms in total. The van der Waals surface area contributed by atoms with Crippen LogP contribution in [0.5, 0.6) is 5.75 Å². The first-order valence-corrected chi connectivity index (χ1v) is 13.3. The molecule has 3 rings (SSSR count). The number of rotatable bonds is 8. The normalized spacial score (nSPS) is 11.8. The van der Waals surface area contributed by atoms with Gasteiger partial charge in [0, 0.05) is 16.8 Å². The molecule has 1 unspecified atom stereocenters. The van der Waals surface area contributed by atoms with Crippen molar-refractivity contribution in [2.24, 2.45) is 0 Å². The van der Waals surface area contributed by atoms with E-state index in [0.29, 0.717) is 28.5 Å². The standard InChI is InChI=1S/C30H34BrN3O4/c1-6-19(2)22-11-16-26(25(31)17-22)38-18-27(35)33-34-29(37)21-9-14-24(15-10-21)32-28(36)20-7-12-23(13-8-20)30(3,4)5/h7-17,19H,6,18H2,1-5H3,(H,32,36)(H,33,35)(H,34,37). The van der Waals surface area contributed by atoms with Crippen LogP contribution in [0.2, 0.25) is 0 Å². The van der Waals surface area contributed by atoms with Gasteiger partial charge < -0.3 is 10.1 Å². The number of carbonyl (C=O) groups is 3. The maximum absolute atomic E-state index is 12.6. The summed E-state index contributed by atoms with van der Waals surface area (Å²) in [6, 6.07) is 19.6. The molecule has 38 heavy (non-hydrogen) atoms. The van der Waals surface area contributed by atoms with E-state index in [1.807, 2.05) is 30.3 Å². The van der Waals surface area contributed by atoms with Gasteiger partial charge in [-0.25, -0.2) is 0 Å². The molecule has 0 aliphatic carbocycles. The summed E-state index contributed by atoms with van der Waals surface area (Å²) in [6.07, 6.45) is 1.03. The second-order valence-corrected chi connectivity index (χ2v) is 11.0. The molecule has 0 aliphatic heterocycles. The van der Waals surface area contributed by atoms with Crippen molar-refractivity contribution < 1.29 is 19.1 Å². The van der Waals surface area contributed by atoms with Crippen molar-refractivity contribution in [3.8, 4) is 5.75 Å². The highest BCUT2D eigenvalue weighted by atomic mass is 79.9. The first-order chi connectivity index (χ1) is 18.0. The minimum atomic E-state index is -0.502. The third-order valence-corrected chi connectivity index (χ3v) is 6.85. The zero-order valence-corrected chi connectivity index (χ0v) is 23.9. The molecule has 0 aliphatic rings. The van der Waals surface area contributed by atoms with E-state index in [1.54, 1.807) is 36.4 Å². The summed E-state index contributed by atoms with van der Waals surface area (Å²) in [7, 11) is 0. The molecule has 3 N–H and O–H groups in total. The summed E-state index contributed by atoms with van der Waals surface area (Å²) >= 11 is 3.48. The number of amides is 3. The molecule has 3 amide bonds. The van der Waals surface area contributed by atoms with E-state index < -0.39 is 11.8 Å². The molecule has 1 atom stereocenters. The summed E-state index contributed by atoms with van der Waals surface area (Å²) in [4.78, 5) is 37.1. The van der Waals surface area contributed by atoms with Gasteiger partial charge in [0.1, 0.15) is 5.75 Å². The van der Waals surface area contributed by atoms with Crippen molar-refractivity contribution in [3.05, 3.63) is 93.5 Å². The maximum atomic E-state index is 12.6. The van der Waals surface area contributed by atoms with Gasteiger partial charge in [0.2, 0.25) is 0 Å². The van der Waals surface area contributed by atoms with E-state index in [9.17, 15) is 14.4 Å². The van der Waals surface area contributed by atoms with Crippen LogP contribution in [0.1, 0.15) is 78.8 Å². The number of hydrazine groups is 1. The summed E-state index contributed by atoms with van der Waals surface area (Å²) in [5.74, 6) is -0.266. The smallest absolute Gasteiger partial charge is 0.276 e. The van der Waals surface area contributed by atoms with Crippen LogP contribution < -0.4 is 20.9 Å². The average molecular weight is 581 g/mol. The van der Waals surface area contributed by atoms with E-state index in [2.05, 4.69) is 66.7 Å². The van der Waals surface area contributed by atoms with E-state index >= 15 is 0 Å². The minimum absolute atomic E-state index is 0.00825. The molecule has 0 bridgehead atoms. The zero-order valence-electron chi connectivity index (χ0n) is 22.4. The monoisotopic (exact) mass is 579 g/mol. The second-order valence-electron chi connectivity index (χ2n) is 10.1. The fraction of sp³-hybridized carbons (Fsp3) is 0.300. The third-order valence-electron chi connectivity index (χ3n) is 6.23. The van der Waals surface area contributed by atoms with Gasteiger partial charge in [-0.1, -0.05) is 52.8 Å². The van der Waals surface area contributed by atoms with Crippen molar-refractivity contribution in [2.45, 2.75) is 52.4 Å². The molecular weight excluding hydrogens is 546 g/mol. The Kier molecular flexibility index (Phi) is 9.69. The van der Waals surface area contributed by atoms with E-state index in [4.69, 9.17) is 4.74 Å². The van der Waals surface area contributed by atoms with Crippen LogP contribution in [0.3, 0.4) is 0 Å². The topological polar surface area (TPSA) is 96.5 Å². The highest BCUT2D eigenvalue weighted by Gasteiger charge is 2.15. The number of nitrogens with one attached hydrogen (secondary N) is 3. The number of hydrogen-bond donors (Lipinski definition) is 3. The molecule has 0 heterocycles. The first kappa shape index (κ1) is 28.9. The molecule has 8 heteroatoms. The molecule has 0 saturated heterocycles. The summed E-state index contributed by atoms with van der Waals surface area (Å²) in [6.45, 7) is 10.4. The molecule has 200 valence electrons.